The highest BCUT2D eigenvalue weighted by Gasteiger charge is 2.18. The van der Waals surface area contributed by atoms with E-state index in [1.54, 1.807) is 9.95 Å². The lowest BCUT2D eigenvalue weighted by molar-refractivity contribution is -0.133. The average Bonchev–Trinajstić information content (AvgIpc) is 2.94. The predicted molar refractivity (Wildman–Crippen MR) is 102 cm³/mol. The molecule has 0 bridgehead atoms. The lowest BCUT2D eigenvalue weighted by atomic mass is 10.1. The summed E-state index contributed by atoms with van der Waals surface area (Å²) in [5.41, 5.74) is 2.59. The topological polar surface area (TPSA) is 71.4 Å². The van der Waals surface area contributed by atoms with E-state index in [4.69, 9.17) is 0 Å². The van der Waals surface area contributed by atoms with Gasteiger partial charge in [0.15, 0.2) is 0 Å². The molecule has 0 atom stereocenters. The molecule has 1 aromatic carbocycles. The number of likely N-dealkylation sites (tertiary alicyclic amines) is 1. The minimum absolute atomic E-state index is 0.0384. The molecule has 0 spiro atoms. The first-order valence-electron chi connectivity index (χ1n) is 8.84. The third-order valence-electron chi connectivity index (χ3n) is 4.54. The van der Waals surface area contributed by atoms with Gasteiger partial charge in [-0.1, -0.05) is 23.5 Å². The Balaban J connectivity index is 1.57. The molecule has 1 aromatic heterocycles. The SMILES string of the molecule is Cc1csc(=O)n1CCC(=O)Nc1cccc(CN2CCCCC2=O)c1. The second-order valence-electron chi connectivity index (χ2n) is 6.57. The van der Waals surface area contributed by atoms with Gasteiger partial charge in [-0.15, -0.1) is 0 Å². The smallest absolute Gasteiger partial charge is 0.307 e. The van der Waals surface area contributed by atoms with Crippen molar-refractivity contribution in [2.24, 2.45) is 0 Å². The van der Waals surface area contributed by atoms with Crippen LogP contribution >= 0.6 is 11.3 Å². The maximum atomic E-state index is 12.2. The van der Waals surface area contributed by atoms with E-state index in [1.165, 1.54) is 0 Å². The molecule has 138 valence electrons. The molecule has 1 aliphatic heterocycles. The molecule has 1 N–H and O–H groups in total. The molecule has 0 radical (unpaired) electrons. The number of aromatic nitrogens is 1. The number of rotatable bonds is 6. The van der Waals surface area contributed by atoms with E-state index in [0.29, 0.717) is 25.2 Å². The van der Waals surface area contributed by atoms with Crippen LogP contribution in [0.25, 0.3) is 0 Å². The van der Waals surface area contributed by atoms with Crippen molar-refractivity contribution in [3.8, 4) is 0 Å². The Morgan fingerprint density at radius 3 is 2.85 bits per heavy atom. The fourth-order valence-electron chi connectivity index (χ4n) is 3.11. The molecule has 26 heavy (non-hydrogen) atoms. The number of nitrogens with zero attached hydrogens (tertiary/aromatic N) is 2. The summed E-state index contributed by atoms with van der Waals surface area (Å²) >= 11 is 1.15. The van der Waals surface area contributed by atoms with Crippen molar-refractivity contribution in [2.75, 3.05) is 11.9 Å². The molecule has 2 aromatic rings. The van der Waals surface area contributed by atoms with Gasteiger partial charge in [-0.25, -0.2) is 0 Å². The summed E-state index contributed by atoms with van der Waals surface area (Å²) in [5, 5.41) is 4.68. The maximum absolute atomic E-state index is 12.2. The quantitative estimate of drug-likeness (QED) is 0.846. The minimum Gasteiger partial charge on any atom is -0.338 e. The van der Waals surface area contributed by atoms with Crippen LogP contribution in [0.5, 0.6) is 0 Å². The number of nitrogens with one attached hydrogen (secondary N) is 1. The van der Waals surface area contributed by atoms with Crippen LogP contribution < -0.4 is 10.2 Å². The van der Waals surface area contributed by atoms with E-state index < -0.39 is 0 Å². The zero-order valence-corrected chi connectivity index (χ0v) is 15.7. The molecular weight excluding hydrogens is 350 g/mol. The zero-order valence-electron chi connectivity index (χ0n) is 14.9. The van der Waals surface area contributed by atoms with Crippen LogP contribution in [0.4, 0.5) is 5.69 Å². The number of aryl methyl sites for hydroxylation is 1. The second kappa shape index (κ2) is 8.31. The molecule has 2 amide bonds. The molecule has 7 heteroatoms. The van der Waals surface area contributed by atoms with E-state index in [0.717, 1.165) is 42.0 Å². The standard InChI is InChI=1S/C19H23N3O3S/c1-14-13-26-19(25)22(14)10-8-17(23)20-16-6-4-5-15(11-16)12-21-9-3-2-7-18(21)24/h4-6,11,13H,2-3,7-10,12H2,1H3,(H,20,23). The number of hydrogen-bond acceptors (Lipinski definition) is 4. The van der Waals surface area contributed by atoms with Crippen LogP contribution in [-0.2, 0) is 22.7 Å². The van der Waals surface area contributed by atoms with Crippen molar-refractivity contribution < 1.29 is 9.59 Å². The van der Waals surface area contributed by atoms with Crippen LogP contribution in [0.1, 0.15) is 36.9 Å². The number of anilines is 1. The Hall–Kier alpha value is -2.41. The lowest BCUT2D eigenvalue weighted by Crippen LogP contribution is -2.34. The van der Waals surface area contributed by atoms with E-state index in [-0.39, 0.29) is 23.1 Å². The fraction of sp³-hybridized carbons (Fsp3) is 0.421. The first-order chi connectivity index (χ1) is 12.5. The summed E-state index contributed by atoms with van der Waals surface area (Å²) in [4.78, 5) is 37.7. The van der Waals surface area contributed by atoms with Gasteiger partial charge < -0.3 is 14.8 Å². The van der Waals surface area contributed by atoms with Gasteiger partial charge in [-0.3, -0.25) is 14.4 Å². The Morgan fingerprint density at radius 1 is 1.27 bits per heavy atom. The highest BCUT2D eigenvalue weighted by molar-refractivity contribution is 7.07. The summed E-state index contributed by atoms with van der Waals surface area (Å²) in [6.45, 7) is 3.61. The Labute approximate surface area is 156 Å². The average molecular weight is 373 g/mol. The van der Waals surface area contributed by atoms with Gasteiger partial charge in [0.05, 0.1) is 0 Å². The van der Waals surface area contributed by atoms with Crippen molar-refractivity contribution in [1.82, 2.24) is 9.47 Å². The first kappa shape index (κ1) is 18.4. The molecular formula is C19H23N3O3S. The predicted octanol–water partition coefficient (Wildman–Crippen LogP) is 2.76. The van der Waals surface area contributed by atoms with Crippen molar-refractivity contribution in [1.29, 1.82) is 0 Å². The lowest BCUT2D eigenvalue weighted by Gasteiger charge is -2.26. The van der Waals surface area contributed by atoms with Gasteiger partial charge in [0.2, 0.25) is 11.8 Å². The van der Waals surface area contributed by atoms with Crippen LogP contribution in [-0.4, -0.2) is 27.8 Å². The summed E-state index contributed by atoms with van der Waals surface area (Å²) in [7, 11) is 0. The van der Waals surface area contributed by atoms with E-state index >= 15 is 0 Å². The van der Waals surface area contributed by atoms with Gasteiger partial charge >= 0.3 is 4.87 Å². The molecule has 6 nitrogen and oxygen atoms in total. The van der Waals surface area contributed by atoms with Gasteiger partial charge in [-0.2, -0.15) is 0 Å². The first-order valence-corrected chi connectivity index (χ1v) is 9.72. The van der Waals surface area contributed by atoms with Crippen LogP contribution in [0.15, 0.2) is 34.4 Å². The van der Waals surface area contributed by atoms with E-state index in [9.17, 15) is 14.4 Å². The van der Waals surface area contributed by atoms with Gasteiger partial charge in [0, 0.05) is 49.2 Å². The van der Waals surface area contributed by atoms with Crippen LogP contribution in [0, 0.1) is 6.92 Å². The second-order valence-corrected chi connectivity index (χ2v) is 7.39. The largest absolute Gasteiger partial charge is 0.338 e. The Bertz CT molecular complexity index is 856. The van der Waals surface area contributed by atoms with Crippen molar-refractivity contribution in [3.05, 3.63) is 50.6 Å². The van der Waals surface area contributed by atoms with Crippen molar-refractivity contribution in [2.45, 2.75) is 45.7 Å². The highest BCUT2D eigenvalue weighted by Crippen LogP contribution is 2.17. The number of benzene rings is 1. The molecule has 0 unspecified atom stereocenters. The van der Waals surface area contributed by atoms with Crippen LogP contribution in [0.2, 0.25) is 0 Å². The maximum Gasteiger partial charge on any atom is 0.307 e. The monoisotopic (exact) mass is 373 g/mol. The Kier molecular flexibility index (Phi) is 5.88. The summed E-state index contributed by atoms with van der Waals surface area (Å²) in [6, 6.07) is 7.59. The molecule has 1 fully saturated rings. The van der Waals surface area contributed by atoms with E-state index in [1.807, 2.05) is 36.1 Å². The van der Waals surface area contributed by atoms with Gasteiger partial charge in [-0.05, 0) is 37.5 Å². The Morgan fingerprint density at radius 2 is 2.12 bits per heavy atom. The summed E-state index contributed by atoms with van der Waals surface area (Å²) in [6.07, 6.45) is 2.88. The fourth-order valence-corrected chi connectivity index (χ4v) is 3.87. The zero-order chi connectivity index (χ0) is 18.5. The van der Waals surface area contributed by atoms with Crippen molar-refractivity contribution >= 4 is 28.8 Å². The summed E-state index contributed by atoms with van der Waals surface area (Å²) < 4.78 is 1.61. The van der Waals surface area contributed by atoms with Gasteiger partial charge in [0.1, 0.15) is 0 Å². The molecule has 0 aliphatic carbocycles. The molecule has 3 rings (SSSR count). The van der Waals surface area contributed by atoms with E-state index in [2.05, 4.69) is 5.32 Å². The third kappa shape index (κ3) is 4.60. The van der Waals surface area contributed by atoms with Crippen LogP contribution in [0.3, 0.4) is 0 Å². The molecule has 1 saturated heterocycles. The number of carbonyl (C=O) groups is 2. The number of thiazole rings is 1. The minimum atomic E-state index is -0.131. The molecule has 0 saturated carbocycles. The number of amides is 2. The van der Waals surface area contributed by atoms with Gasteiger partial charge in [0.25, 0.3) is 0 Å². The highest BCUT2D eigenvalue weighted by atomic mass is 32.1. The number of carbonyl (C=O) groups excluding carboxylic acids is 2. The summed E-state index contributed by atoms with van der Waals surface area (Å²) in [5.74, 6) is 0.0657. The van der Waals surface area contributed by atoms with Crippen molar-refractivity contribution in [3.63, 3.8) is 0 Å². The molecule has 1 aliphatic rings. The third-order valence-corrected chi connectivity index (χ3v) is 5.43. The molecule has 2 heterocycles. The number of hydrogen-bond donors (Lipinski definition) is 1. The number of piperidine rings is 1. The normalized spacial score (nSPS) is 14.5.